The third-order valence-corrected chi connectivity index (χ3v) is 4.24. The summed E-state index contributed by atoms with van der Waals surface area (Å²) in [5.74, 6) is -1.15. The van der Waals surface area contributed by atoms with Gasteiger partial charge in [0, 0.05) is 23.2 Å². The lowest BCUT2D eigenvalue weighted by Crippen LogP contribution is -2.53. The maximum atomic E-state index is 12.5. The highest BCUT2D eigenvalue weighted by molar-refractivity contribution is 9.10. The molecule has 2 rings (SSSR count). The Balaban J connectivity index is 2.19. The monoisotopic (exact) mass is 355 g/mol. The van der Waals surface area contributed by atoms with Gasteiger partial charge in [0.25, 0.3) is 5.91 Å². The van der Waals surface area contributed by atoms with Crippen LogP contribution in [0.15, 0.2) is 22.7 Å². The number of ether oxygens (including phenoxy) is 1. The number of hydrogen-bond donors (Lipinski definition) is 2. The van der Waals surface area contributed by atoms with Crippen LogP contribution in [0.1, 0.15) is 35.2 Å². The largest absolute Gasteiger partial charge is 0.481 e. The highest BCUT2D eigenvalue weighted by atomic mass is 79.9. The molecule has 0 atom stereocenters. The fraction of sp³-hybridized carbons (Fsp3) is 0.467. The molecule has 21 heavy (non-hydrogen) atoms. The third-order valence-electron chi connectivity index (χ3n) is 3.75. The normalized spacial score (nSPS) is 17.2. The number of rotatable bonds is 4. The van der Waals surface area contributed by atoms with Crippen LogP contribution in [0, 0.1) is 6.92 Å². The first kappa shape index (κ1) is 16.0. The first-order valence-corrected chi connectivity index (χ1v) is 7.59. The number of halogens is 1. The number of nitrogens with one attached hydrogen (secondary N) is 1. The molecule has 0 saturated carbocycles. The van der Waals surface area contributed by atoms with E-state index >= 15 is 0 Å². The molecule has 1 aliphatic heterocycles. The fourth-order valence-electron chi connectivity index (χ4n) is 2.59. The zero-order chi connectivity index (χ0) is 15.5. The second-order valence-electron chi connectivity index (χ2n) is 5.38. The Hall–Kier alpha value is -1.40. The van der Waals surface area contributed by atoms with Gasteiger partial charge >= 0.3 is 5.97 Å². The van der Waals surface area contributed by atoms with Gasteiger partial charge in [0.1, 0.15) is 0 Å². The van der Waals surface area contributed by atoms with Gasteiger partial charge in [0.15, 0.2) is 0 Å². The van der Waals surface area contributed by atoms with E-state index in [1.54, 1.807) is 12.1 Å². The Morgan fingerprint density at radius 3 is 2.62 bits per heavy atom. The zero-order valence-electron chi connectivity index (χ0n) is 11.8. The highest BCUT2D eigenvalue weighted by Crippen LogP contribution is 2.26. The summed E-state index contributed by atoms with van der Waals surface area (Å²) in [4.78, 5) is 23.6. The number of carboxylic acids is 1. The first-order valence-electron chi connectivity index (χ1n) is 6.80. The molecular formula is C15H18BrNO4. The van der Waals surface area contributed by atoms with Crippen LogP contribution in [0.4, 0.5) is 0 Å². The molecule has 0 radical (unpaired) electrons. The van der Waals surface area contributed by atoms with E-state index in [1.807, 2.05) is 13.0 Å². The molecule has 1 saturated heterocycles. The van der Waals surface area contributed by atoms with E-state index in [1.165, 1.54) is 0 Å². The second kappa shape index (κ2) is 6.58. The maximum absolute atomic E-state index is 12.5. The van der Waals surface area contributed by atoms with Gasteiger partial charge in [-0.2, -0.15) is 0 Å². The van der Waals surface area contributed by atoms with Gasteiger partial charge in [-0.1, -0.05) is 15.9 Å². The molecule has 1 aliphatic rings. The summed E-state index contributed by atoms with van der Waals surface area (Å²) < 4.78 is 6.19. The Morgan fingerprint density at radius 2 is 2.05 bits per heavy atom. The molecule has 5 nitrogen and oxygen atoms in total. The summed E-state index contributed by atoms with van der Waals surface area (Å²) in [5, 5.41) is 12.0. The van der Waals surface area contributed by atoms with Crippen molar-refractivity contribution in [3.8, 4) is 0 Å². The average molecular weight is 356 g/mol. The molecule has 114 valence electrons. The summed E-state index contributed by atoms with van der Waals surface area (Å²) in [6.45, 7) is 2.79. The van der Waals surface area contributed by atoms with Crippen molar-refractivity contribution in [3.05, 3.63) is 33.8 Å². The van der Waals surface area contributed by atoms with Gasteiger partial charge in [-0.05, 0) is 43.5 Å². The molecule has 1 aromatic carbocycles. The highest BCUT2D eigenvalue weighted by Gasteiger charge is 2.36. The van der Waals surface area contributed by atoms with Gasteiger partial charge in [-0.15, -0.1) is 0 Å². The van der Waals surface area contributed by atoms with Crippen LogP contribution in [0.3, 0.4) is 0 Å². The smallest absolute Gasteiger partial charge is 0.305 e. The van der Waals surface area contributed by atoms with Crippen molar-refractivity contribution in [3.63, 3.8) is 0 Å². The summed E-state index contributed by atoms with van der Waals surface area (Å²) in [5.41, 5.74) is 0.689. The summed E-state index contributed by atoms with van der Waals surface area (Å²) in [6, 6.07) is 5.40. The number of hydrogen-bond acceptors (Lipinski definition) is 3. The topological polar surface area (TPSA) is 75.6 Å². The molecule has 2 N–H and O–H groups in total. The molecule has 0 aromatic heterocycles. The number of aliphatic carboxylic acids is 1. The number of amides is 1. The van der Waals surface area contributed by atoms with E-state index in [-0.39, 0.29) is 12.3 Å². The Bertz CT molecular complexity index is 553. The minimum Gasteiger partial charge on any atom is -0.481 e. The Morgan fingerprint density at radius 1 is 1.38 bits per heavy atom. The molecule has 1 heterocycles. The number of aryl methyl sites for hydroxylation is 1. The molecule has 0 spiro atoms. The van der Waals surface area contributed by atoms with Crippen molar-refractivity contribution in [1.82, 2.24) is 5.32 Å². The number of carbonyl (C=O) groups excluding carboxylic acids is 1. The van der Waals surface area contributed by atoms with Crippen molar-refractivity contribution < 1.29 is 19.4 Å². The van der Waals surface area contributed by atoms with Crippen molar-refractivity contribution in [2.24, 2.45) is 0 Å². The van der Waals surface area contributed by atoms with Crippen LogP contribution in [0.5, 0.6) is 0 Å². The predicted octanol–water partition coefficient (Wildman–Crippen LogP) is 2.51. The lowest BCUT2D eigenvalue weighted by molar-refractivity contribution is -0.139. The van der Waals surface area contributed by atoms with Crippen LogP contribution in [-0.2, 0) is 9.53 Å². The minimum atomic E-state index is -0.912. The van der Waals surface area contributed by atoms with Gasteiger partial charge < -0.3 is 15.2 Å². The van der Waals surface area contributed by atoms with E-state index in [9.17, 15) is 9.59 Å². The summed E-state index contributed by atoms with van der Waals surface area (Å²) >= 11 is 3.36. The van der Waals surface area contributed by atoms with Gasteiger partial charge in [0.05, 0.1) is 12.0 Å². The fourth-order valence-corrected chi connectivity index (χ4v) is 3.06. The lowest BCUT2D eigenvalue weighted by Gasteiger charge is -2.37. The summed E-state index contributed by atoms with van der Waals surface area (Å²) in [7, 11) is 0. The van der Waals surface area contributed by atoms with Crippen LogP contribution >= 0.6 is 15.9 Å². The zero-order valence-corrected chi connectivity index (χ0v) is 13.4. The Labute approximate surface area is 131 Å². The van der Waals surface area contributed by atoms with Crippen LogP contribution < -0.4 is 5.32 Å². The molecule has 0 unspecified atom stereocenters. The first-order chi connectivity index (χ1) is 9.92. The van der Waals surface area contributed by atoms with E-state index in [4.69, 9.17) is 9.84 Å². The lowest BCUT2D eigenvalue weighted by atomic mass is 9.86. The maximum Gasteiger partial charge on any atom is 0.305 e. The SMILES string of the molecule is Cc1cc(Br)ccc1C(=O)NC1(CC(=O)O)CCOCC1. The van der Waals surface area contributed by atoms with Crippen LogP contribution in [0.2, 0.25) is 0 Å². The molecule has 1 aromatic rings. The van der Waals surface area contributed by atoms with E-state index < -0.39 is 11.5 Å². The van der Waals surface area contributed by atoms with Gasteiger partial charge in [0.2, 0.25) is 0 Å². The van der Waals surface area contributed by atoms with Gasteiger partial charge in [-0.3, -0.25) is 9.59 Å². The van der Waals surface area contributed by atoms with E-state index in [2.05, 4.69) is 21.2 Å². The quantitative estimate of drug-likeness (QED) is 0.869. The van der Waals surface area contributed by atoms with Crippen LogP contribution in [0.25, 0.3) is 0 Å². The molecule has 0 aliphatic carbocycles. The number of carbonyl (C=O) groups is 2. The molecule has 1 fully saturated rings. The molecule has 1 amide bonds. The van der Waals surface area contributed by atoms with Crippen molar-refractivity contribution in [1.29, 1.82) is 0 Å². The molecule has 6 heteroatoms. The van der Waals surface area contributed by atoms with Crippen LogP contribution in [-0.4, -0.2) is 35.7 Å². The van der Waals surface area contributed by atoms with Crippen molar-refractivity contribution in [2.45, 2.75) is 31.7 Å². The van der Waals surface area contributed by atoms with E-state index in [0.717, 1.165) is 10.0 Å². The second-order valence-corrected chi connectivity index (χ2v) is 6.29. The van der Waals surface area contributed by atoms with Gasteiger partial charge in [-0.25, -0.2) is 0 Å². The Kier molecular flexibility index (Phi) is 5.00. The predicted molar refractivity (Wildman–Crippen MR) is 81.4 cm³/mol. The van der Waals surface area contributed by atoms with Crippen molar-refractivity contribution >= 4 is 27.8 Å². The third kappa shape index (κ3) is 4.04. The minimum absolute atomic E-state index is 0.0856. The molecular weight excluding hydrogens is 338 g/mol. The average Bonchev–Trinajstić information content (AvgIpc) is 2.38. The number of carboxylic acid groups (broad SMARTS) is 1. The van der Waals surface area contributed by atoms with E-state index in [0.29, 0.717) is 31.6 Å². The summed E-state index contributed by atoms with van der Waals surface area (Å²) in [6.07, 6.45) is 0.943. The standard InChI is InChI=1S/C15H18BrNO4/c1-10-8-11(16)2-3-12(10)14(20)17-15(9-13(18)19)4-6-21-7-5-15/h2-3,8H,4-7,9H2,1H3,(H,17,20)(H,18,19). The molecule has 0 bridgehead atoms. The van der Waals surface area contributed by atoms with Crippen molar-refractivity contribution in [2.75, 3.05) is 13.2 Å². The number of benzene rings is 1.